The number of anilines is 2. The molecule has 0 aromatic heterocycles. The van der Waals surface area contributed by atoms with Crippen molar-refractivity contribution < 1.29 is 19.2 Å². The molecule has 0 amide bonds. The zero-order chi connectivity index (χ0) is 20.8. The summed E-state index contributed by atoms with van der Waals surface area (Å²) >= 11 is 1.81. The Hall–Kier alpha value is -1.23. The molecule has 2 nitrogen and oxygen atoms in total. The Labute approximate surface area is 232 Å². The Kier molecular flexibility index (Phi) is 15.9. The standard InChI is InChI=1S/2C13H14N.2CH3.2ClH.Si.Ti/c2*1-2-6-12-10-13(9-11(12)5-1)14-7-3-4-8-14;;;;;;/h2*1-2,5-6,9-10H,3-4,7-8H2;2*1H3;2*1H;;/q4*-1;;;;. The zero-order valence-electron chi connectivity index (χ0n) is 20.3. The Balaban J connectivity index is 0.000000538. The van der Waals surface area contributed by atoms with Gasteiger partial charge >= 0.3 is 26.8 Å². The van der Waals surface area contributed by atoms with Crippen LogP contribution >= 0.6 is 24.8 Å². The summed E-state index contributed by atoms with van der Waals surface area (Å²) in [4.78, 5) is 4.97. The molecule has 2 aliphatic heterocycles. The second-order valence-electron chi connectivity index (χ2n) is 8.07. The molecule has 2 saturated heterocycles. The first-order valence-corrected chi connectivity index (χ1v) is 13.8. The van der Waals surface area contributed by atoms with E-state index in [9.17, 15) is 0 Å². The number of hydrogen-bond acceptors (Lipinski definition) is 2. The minimum Gasteiger partial charge on any atom is -0.388 e. The van der Waals surface area contributed by atoms with Gasteiger partial charge in [-0.3, -0.25) is 0 Å². The van der Waals surface area contributed by atoms with E-state index < -0.39 is 0 Å². The van der Waals surface area contributed by atoms with Crippen molar-refractivity contribution in [2.75, 3.05) is 36.0 Å². The topological polar surface area (TPSA) is 6.48 Å². The van der Waals surface area contributed by atoms with Crippen LogP contribution in [0.3, 0.4) is 0 Å². The molecule has 6 rings (SSSR count). The van der Waals surface area contributed by atoms with Gasteiger partial charge in [-0.15, -0.1) is 107 Å². The Morgan fingerprint density at radius 2 is 0.912 bits per heavy atom. The van der Waals surface area contributed by atoms with Gasteiger partial charge in [-0.25, -0.2) is 0 Å². The first kappa shape index (κ1) is 32.8. The van der Waals surface area contributed by atoms with Crippen molar-refractivity contribution in [3.05, 3.63) is 87.6 Å². The van der Waals surface area contributed by atoms with Crippen LogP contribution in [0.5, 0.6) is 0 Å². The SMILES string of the molecule is Cl.Cl.[CH3-].[CH3-].[Si]=[Ti].c1ccc2[cH-]c(N3CCCC3)cc2c1.c1ccc2[cH-]c(N3CCCC3)cc2c1. The van der Waals surface area contributed by atoms with E-state index in [2.05, 4.69) is 90.2 Å². The Bertz CT molecular complexity index is 930. The van der Waals surface area contributed by atoms with Crippen LogP contribution in [0.15, 0.2) is 72.8 Å². The maximum atomic E-state index is 2.97. The van der Waals surface area contributed by atoms with Gasteiger partial charge in [-0.2, -0.15) is 0 Å². The van der Waals surface area contributed by atoms with Crippen LogP contribution in [0.25, 0.3) is 21.5 Å². The van der Waals surface area contributed by atoms with Gasteiger partial charge in [0.15, 0.2) is 0 Å². The molecular formula is C28H36Cl2N2SiTi-4. The molecule has 2 fully saturated rings. The Morgan fingerprint density at radius 1 is 0.588 bits per heavy atom. The number of fused-ring (bicyclic) bond motifs is 2. The van der Waals surface area contributed by atoms with Gasteiger partial charge in [0.05, 0.1) is 0 Å². The maximum Gasteiger partial charge on any atom is 0.0162 e. The minimum atomic E-state index is 0. The van der Waals surface area contributed by atoms with Crippen LogP contribution in [0.1, 0.15) is 25.7 Å². The molecule has 4 aromatic carbocycles. The van der Waals surface area contributed by atoms with E-state index in [-0.39, 0.29) is 39.7 Å². The molecule has 0 unspecified atom stereocenters. The molecule has 0 saturated carbocycles. The van der Waals surface area contributed by atoms with Crippen molar-refractivity contribution in [3.8, 4) is 0 Å². The molecule has 0 atom stereocenters. The summed E-state index contributed by atoms with van der Waals surface area (Å²) in [6.07, 6.45) is 5.39. The average Bonchev–Trinajstić information content (AvgIpc) is 3.60. The average molecular weight is 547 g/mol. The number of halogens is 2. The van der Waals surface area contributed by atoms with Crippen LogP contribution in [0, 0.1) is 14.9 Å². The van der Waals surface area contributed by atoms with Gasteiger partial charge in [0, 0.05) is 26.2 Å². The van der Waals surface area contributed by atoms with E-state index in [1.165, 1.54) is 84.8 Å². The van der Waals surface area contributed by atoms with Crippen molar-refractivity contribution in [1.82, 2.24) is 0 Å². The van der Waals surface area contributed by atoms with Crippen molar-refractivity contribution >= 4 is 65.4 Å². The van der Waals surface area contributed by atoms with Crippen molar-refractivity contribution in [3.63, 3.8) is 0 Å². The van der Waals surface area contributed by atoms with E-state index in [0.29, 0.717) is 0 Å². The molecule has 2 radical (unpaired) electrons. The summed E-state index contributed by atoms with van der Waals surface area (Å²) in [6.45, 7) is 4.93. The van der Waals surface area contributed by atoms with E-state index in [4.69, 9.17) is 0 Å². The second kappa shape index (κ2) is 16.4. The summed E-state index contributed by atoms with van der Waals surface area (Å²) in [7, 11) is 2.97. The second-order valence-corrected chi connectivity index (χ2v) is 8.07. The van der Waals surface area contributed by atoms with Gasteiger partial charge in [-0.05, 0) is 25.7 Å². The number of rotatable bonds is 2. The van der Waals surface area contributed by atoms with Gasteiger partial charge in [0.2, 0.25) is 0 Å². The predicted octanol–water partition coefficient (Wildman–Crippen LogP) is 7.68. The summed E-state index contributed by atoms with van der Waals surface area (Å²) in [5, 5.41) is 5.48. The molecule has 6 heteroatoms. The molecular weight excluding hydrogens is 511 g/mol. The van der Waals surface area contributed by atoms with Crippen LogP contribution in [0.4, 0.5) is 11.4 Å². The van der Waals surface area contributed by atoms with Gasteiger partial charge in [0.1, 0.15) is 0 Å². The fourth-order valence-electron chi connectivity index (χ4n) is 4.58. The van der Waals surface area contributed by atoms with E-state index in [1.807, 2.05) is 0 Å². The molecule has 0 spiro atoms. The fraction of sp³-hybridized carbons (Fsp3) is 0.286. The predicted molar refractivity (Wildman–Crippen MR) is 155 cm³/mol. The Morgan fingerprint density at radius 3 is 1.24 bits per heavy atom. The third-order valence-electron chi connectivity index (χ3n) is 6.15. The van der Waals surface area contributed by atoms with Gasteiger partial charge in [0.25, 0.3) is 0 Å². The van der Waals surface area contributed by atoms with Crippen LogP contribution < -0.4 is 9.80 Å². The largest absolute Gasteiger partial charge is 0.388 e. The van der Waals surface area contributed by atoms with E-state index >= 15 is 0 Å². The molecule has 184 valence electrons. The first-order chi connectivity index (χ1) is 14.9. The quantitative estimate of drug-likeness (QED) is 0.188. The first-order valence-electron chi connectivity index (χ1n) is 10.9. The van der Waals surface area contributed by atoms with Crippen LogP contribution in [-0.2, 0) is 19.2 Å². The van der Waals surface area contributed by atoms with Gasteiger partial charge < -0.3 is 24.7 Å². The molecule has 4 aromatic rings. The van der Waals surface area contributed by atoms with Crippen molar-refractivity contribution in [1.29, 1.82) is 0 Å². The summed E-state index contributed by atoms with van der Waals surface area (Å²) in [6, 6.07) is 26.4. The molecule has 2 aliphatic rings. The van der Waals surface area contributed by atoms with E-state index in [1.54, 1.807) is 19.2 Å². The van der Waals surface area contributed by atoms with E-state index in [0.717, 1.165) is 0 Å². The number of hydrogen-bond donors (Lipinski definition) is 0. The van der Waals surface area contributed by atoms with Gasteiger partial charge in [-0.1, -0.05) is 23.5 Å². The van der Waals surface area contributed by atoms with Crippen LogP contribution in [0.2, 0.25) is 0 Å². The maximum absolute atomic E-state index is 2.97. The number of benzene rings is 2. The molecule has 0 N–H and O–H groups in total. The molecule has 34 heavy (non-hydrogen) atoms. The third-order valence-corrected chi connectivity index (χ3v) is 6.15. The fourth-order valence-corrected chi connectivity index (χ4v) is 4.58. The molecule has 0 aliphatic carbocycles. The third kappa shape index (κ3) is 7.90. The van der Waals surface area contributed by atoms with Crippen LogP contribution in [-0.4, -0.2) is 33.8 Å². The minimum absolute atomic E-state index is 0. The summed E-state index contributed by atoms with van der Waals surface area (Å²) in [5.41, 5.74) is 2.81. The summed E-state index contributed by atoms with van der Waals surface area (Å²) < 4.78 is 0. The monoisotopic (exact) mass is 546 g/mol. The summed E-state index contributed by atoms with van der Waals surface area (Å²) in [5.74, 6) is 0. The smallest absolute Gasteiger partial charge is 0.0162 e. The number of nitrogens with zero attached hydrogens (tertiary/aromatic N) is 2. The molecule has 0 bridgehead atoms. The van der Waals surface area contributed by atoms with Crippen molar-refractivity contribution in [2.45, 2.75) is 25.7 Å². The molecule has 2 heterocycles. The zero-order valence-corrected chi connectivity index (χ0v) is 24.5. The van der Waals surface area contributed by atoms with Crippen molar-refractivity contribution in [2.24, 2.45) is 0 Å². The normalized spacial score (nSPS) is 13.9.